The van der Waals surface area contributed by atoms with E-state index >= 15 is 0 Å². The van der Waals surface area contributed by atoms with Crippen LogP contribution in [0, 0.1) is 6.92 Å². The number of rotatable bonds is 4. The first-order valence-electron chi connectivity index (χ1n) is 8.11. The van der Waals surface area contributed by atoms with E-state index in [-0.39, 0.29) is 6.61 Å². The van der Waals surface area contributed by atoms with Crippen molar-refractivity contribution < 1.29 is 19.1 Å². The zero-order valence-corrected chi connectivity index (χ0v) is 15.5. The molecule has 0 N–H and O–H groups in total. The third kappa shape index (κ3) is 3.08. The Hall–Kier alpha value is -2.38. The summed E-state index contributed by atoms with van der Waals surface area (Å²) in [6.45, 7) is 2.69. The Labute approximate surface area is 158 Å². The number of thiophene rings is 1. The third-order valence-electron chi connectivity index (χ3n) is 4.22. The van der Waals surface area contributed by atoms with E-state index in [2.05, 4.69) is 5.10 Å². The fourth-order valence-electron chi connectivity index (χ4n) is 2.88. The Morgan fingerprint density at radius 1 is 1.46 bits per heavy atom. The molecule has 4 rings (SSSR count). The topological polar surface area (TPSA) is 70.4 Å². The zero-order chi connectivity index (χ0) is 18.3. The van der Waals surface area contributed by atoms with Crippen LogP contribution >= 0.6 is 22.9 Å². The summed E-state index contributed by atoms with van der Waals surface area (Å²) in [6.07, 6.45) is -0.414. The van der Waals surface area contributed by atoms with Crippen molar-refractivity contribution in [3.05, 3.63) is 51.5 Å². The minimum absolute atomic E-state index is 0.287. The van der Waals surface area contributed by atoms with E-state index < -0.39 is 18.0 Å². The van der Waals surface area contributed by atoms with Gasteiger partial charge >= 0.3 is 11.9 Å². The van der Waals surface area contributed by atoms with Crippen LogP contribution in [0.1, 0.15) is 27.3 Å². The molecule has 1 aliphatic heterocycles. The number of benzene rings is 1. The van der Waals surface area contributed by atoms with E-state index in [1.54, 1.807) is 6.07 Å². The number of aryl methyl sites for hydroxylation is 1. The van der Waals surface area contributed by atoms with Crippen molar-refractivity contribution in [1.29, 1.82) is 0 Å². The molecule has 134 valence electrons. The van der Waals surface area contributed by atoms with E-state index in [9.17, 15) is 9.59 Å². The Kier molecular flexibility index (Phi) is 4.42. The third-order valence-corrected chi connectivity index (χ3v) is 5.72. The molecule has 2 aromatic heterocycles. The second kappa shape index (κ2) is 6.74. The summed E-state index contributed by atoms with van der Waals surface area (Å²) in [5.41, 5.74) is 1.77. The molecule has 1 aliphatic rings. The largest absolute Gasteiger partial charge is 0.463 e. The summed E-state index contributed by atoms with van der Waals surface area (Å²) in [4.78, 5) is 25.2. The number of fused-ring (bicyclic) bond motifs is 1. The fourth-order valence-corrected chi connectivity index (χ4v) is 4.12. The van der Waals surface area contributed by atoms with Crippen molar-refractivity contribution >= 4 is 45.1 Å². The molecule has 3 heterocycles. The van der Waals surface area contributed by atoms with Gasteiger partial charge in [0.05, 0.1) is 18.8 Å². The molecule has 1 aromatic carbocycles. The van der Waals surface area contributed by atoms with Gasteiger partial charge in [0.15, 0.2) is 0 Å². The number of cyclic esters (lactones) is 1. The van der Waals surface area contributed by atoms with Crippen LogP contribution in [0.25, 0.3) is 10.2 Å². The molecule has 6 nitrogen and oxygen atoms in total. The molecular formula is C18H15ClN2O4S. The number of carbonyl (C=O) groups excluding carboxylic acids is 2. The molecule has 1 saturated heterocycles. The number of halogens is 1. The maximum absolute atomic E-state index is 12.4. The summed E-state index contributed by atoms with van der Waals surface area (Å²) in [5, 5.41) is 6.11. The number of carbonyl (C=O) groups is 2. The SMILES string of the molecule is Cc1nn(Cc2ccccc2Cl)c2sc(C(=O)O[C@@H]3CCOC3=O)cc12. The number of esters is 2. The molecule has 1 fully saturated rings. The number of hydrogen-bond donors (Lipinski definition) is 0. The maximum Gasteiger partial charge on any atom is 0.349 e. The van der Waals surface area contributed by atoms with Crippen LogP contribution in [-0.4, -0.2) is 34.4 Å². The maximum atomic E-state index is 12.4. The summed E-state index contributed by atoms with van der Waals surface area (Å²) >= 11 is 7.53. The van der Waals surface area contributed by atoms with Gasteiger partial charge in [0, 0.05) is 16.8 Å². The van der Waals surface area contributed by atoms with Gasteiger partial charge in [0.25, 0.3) is 0 Å². The number of aromatic nitrogens is 2. The highest BCUT2D eigenvalue weighted by Gasteiger charge is 2.31. The van der Waals surface area contributed by atoms with Gasteiger partial charge in [-0.3, -0.25) is 4.68 Å². The molecule has 3 aromatic rings. The van der Waals surface area contributed by atoms with E-state index in [1.807, 2.05) is 35.9 Å². The molecule has 0 bridgehead atoms. The van der Waals surface area contributed by atoms with Gasteiger partial charge in [0.2, 0.25) is 6.10 Å². The molecule has 8 heteroatoms. The molecule has 0 radical (unpaired) electrons. The van der Waals surface area contributed by atoms with Crippen molar-refractivity contribution in [3.8, 4) is 0 Å². The molecule has 0 aliphatic carbocycles. The van der Waals surface area contributed by atoms with E-state index in [0.717, 1.165) is 21.5 Å². The highest BCUT2D eigenvalue weighted by atomic mass is 35.5. The lowest BCUT2D eigenvalue weighted by Gasteiger charge is -2.07. The number of hydrogen-bond acceptors (Lipinski definition) is 6. The van der Waals surface area contributed by atoms with Crippen molar-refractivity contribution in [2.75, 3.05) is 6.61 Å². The second-order valence-electron chi connectivity index (χ2n) is 6.01. The fraction of sp³-hybridized carbons (Fsp3) is 0.278. The predicted molar refractivity (Wildman–Crippen MR) is 97.7 cm³/mol. The smallest absolute Gasteiger partial charge is 0.349 e. The highest BCUT2D eigenvalue weighted by Crippen LogP contribution is 2.30. The first-order valence-corrected chi connectivity index (χ1v) is 9.30. The van der Waals surface area contributed by atoms with Crippen LogP contribution in [0.5, 0.6) is 0 Å². The van der Waals surface area contributed by atoms with Crippen molar-refractivity contribution in [2.24, 2.45) is 0 Å². The molecule has 26 heavy (non-hydrogen) atoms. The van der Waals surface area contributed by atoms with E-state index in [0.29, 0.717) is 22.9 Å². The van der Waals surface area contributed by atoms with Gasteiger partial charge in [-0.2, -0.15) is 5.10 Å². The first kappa shape index (κ1) is 17.1. The van der Waals surface area contributed by atoms with Crippen LogP contribution in [-0.2, 0) is 20.8 Å². The van der Waals surface area contributed by atoms with Crippen molar-refractivity contribution in [2.45, 2.75) is 26.0 Å². The second-order valence-corrected chi connectivity index (χ2v) is 7.45. The molecular weight excluding hydrogens is 376 g/mol. The first-order chi connectivity index (χ1) is 12.5. The van der Waals surface area contributed by atoms with Crippen LogP contribution in [0.3, 0.4) is 0 Å². The predicted octanol–water partition coefficient (Wildman–Crippen LogP) is 3.58. The Bertz CT molecular complexity index is 1010. The van der Waals surface area contributed by atoms with E-state index in [4.69, 9.17) is 21.1 Å². The van der Waals surface area contributed by atoms with Gasteiger partial charge in [0.1, 0.15) is 9.71 Å². The molecule has 0 spiro atoms. The van der Waals surface area contributed by atoms with Gasteiger partial charge in [-0.15, -0.1) is 11.3 Å². The van der Waals surface area contributed by atoms with E-state index in [1.165, 1.54) is 11.3 Å². The van der Waals surface area contributed by atoms with Gasteiger partial charge in [-0.1, -0.05) is 29.8 Å². The lowest BCUT2D eigenvalue weighted by Crippen LogP contribution is -2.22. The van der Waals surface area contributed by atoms with Gasteiger partial charge in [-0.25, -0.2) is 9.59 Å². The highest BCUT2D eigenvalue weighted by molar-refractivity contribution is 7.20. The summed E-state index contributed by atoms with van der Waals surface area (Å²) < 4.78 is 11.9. The average molecular weight is 391 g/mol. The normalized spacial score (nSPS) is 16.8. The lowest BCUT2D eigenvalue weighted by atomic mass is 10.2. The van der Waals surface area contributed by atoms with Crippen LogP contribution in [0.15, 0.2) is 30.3 Å². The van der Waals surface area contributed by atoms with Crippen LogP contribution < -0.4 is 0 Å². The summed E-state index contributed by atoms with van der Waals surface area (Å²) in [5.74, 6) is -1.00. The Morgan fingerprint density at radius 3 is 3.00 bits per heavy atom. The molecule has 0 unspecified atom stereocenters. The summed E-state index contributed by atoms with van der Waals surface area (Å²) in [7, 11) is 0. The summed E-state index contributed by atoms with van der Waals surface area (Å²) in [6, 6.07) is 9.34. The minimum Gasteiger partial charge on any atom is -0.463 e. The quantitative estimate of drug-likeness (QED) is 0.637. The van der Waals surface area contributed by atoms with Crippen LogP contribution in [0.4, 0.5) is 0 Å². The standard InChI is InChI=1S/C18H15ClN2O4S/c1-10-12-8-15(18(23)25-14-6-7-24-17(14)22)26-16(12)21(20-10)9-11-4-2-3-5-13(11)19/h2-5,8,14H,6-7,9H2,1H3/t14-/m1/s1. The molecule has 0 amide bonds. The number of ether oxygens (including phenoxy) is 2. The molecule has 1 atom stereocenters. The number of nitrogens with zero attached hydrogens (tertiary/aromatic N) is 2. The monoisotopic (exact) mass is 390 g/mol. The van der Waals surface area contributed by atoms with Crippen LogP contribution in [0.2, 0.25) is 5.02 Å². The van der Waals surface area contributed by atoms with Crippen molar-refractivity contribution in [1.82, 2.24) is 9.78 Å². The Morgan fingerprint density at radius 2 is 2.27 bits per heavy atom. The van der Waals surface area contributed by atoms with Gasteiger partial charge < -0.3 is 9.47 Å². The minimum atomic E-state index is -0.812. The lowest BCUT2D eigenvalue weighted by molar-refractivity contribution is -0.145. The van der Waals surface area contributed by atoms with Crippen molar-refractivity contribution in [3.63, 3.8) is 0 Å². The Balaban J connectivity index is 1.62. The zero-order valence-electron chi connectivity index (χ0n) is 13.9. The average Bonchev–Trinajstić information content (AvgIpc) is 3.29. The molecule has 0 saturated carbocycles. The van der Waals surface area contributed by atoms with Gasteiger partial charge in [-0.05, 0) is 24.6 Å².